The molecule has 0 bridgehead atoms. The van der Waals surface area contributed by atoms with Crippen molar-refractivity contribution in [3.05, 3.63) is 30.0 Å². The molecule has 0 saturated heterocycles. The topological polar surface area (TPSA) is 95.5 Å². The predicted molar refractivity (Wildman–Crippen MR) is 75.5 cm³/mol. The lowest BCUT2D eigenvalue weighted by Crippen LogP contribution is -2.28. The van der Waals surface area contributed by atoms with E-state index < -0.39 is 27.5 Å². The molecule has 2 rings (SSSR count). The maximum atomic E-state index is 12.3. The highest BCUT2D eigenvalue weighted by atomic mass is 32.2. The van der Waals surface area contributed by atoms with Crippen molar-refractivity contribution in [2.75, 3.05) is 6.61 Å². The van der Waals surface area contributed by atoms with Crippen molar-refractivity contribution in [1.29, 1.82) is 0 Å². The van der Waals surface area contributed by atoms with E-state index in [-0.39, 0.29) is 24.1 Å². The Bertz CT molecular complexity index is 868. The van der Waals surface area contributed by atoms with E-state index in [0.717, 1.165) is 6.20 Å². The first-order valence-corrected chi connectivity index (χ1v) is 7.95. The number of hydrogen-bond donors (Lipinski definition) is 0. The molecule has 24 heavy (non-hydrogen) atoms. The highest BCUT2D eigenvalue weighted by molar-refractivity contribution is 7.87. The molecule has 11 heteroatoms. The van der Waals surface area contributed by atoms with Crippen molar-refractivity contribution < 1.29 is 35.3 Å². The first kappa shape index (κ1) is 17.9. The molecule has 0 spiro atoms. The number of ether oxygens (including phenoxy) is 1. The van der Waals surface area contributed by atoms with Crippen LogP contribution in [-0.4, -0.2) is 36.5 Å². The lowest BCUT2D eigenvalue weighted by molar-refractivity contribution is -0.142. The fourth-order valence-electron chi connectivity index (χ4n) is 1.73. The minimum atomic E-state index is -5.81. The summed E-state index contributed by atoms with van der Waals surface area (Å²) >= 11 is 0. The smallest absolute Gasteiger partial charge is 0.466 e. The molecule has 0 aliphatic carbocycles. The van der Waals surface area contributed by atoms with Crippen molar-refractivity contribution >= 4 is 27.1 Å². The van der Waals surface area contributed by atoms with Crippen LogP contribution in [0.3, 0.4) is 0 Å². The second-order valence-corrected chi connectivity index (χ2v) is 6.03. The molecule has 0 fully saturated rings. The molecule has 0 aliphatic rings. The summed E-state index contributed by atoms with van der Waals surface area (Å²) in [5.74, 6) is -1.25. The van der Waals surface area contributed by atoms with Crippen molar-refractivity contribution in [3.8, 4) is 5.88 Å². The summed E-state index contributed by atoms with van der Waals surface area (Å²) in [5, 5.41) is 0. The second-order valence-electron chi connectivity index (χ2n) is 4.50. The van der Waals surface area contributed by atoms with Gasteiger partial charge in [0.15, 0.2) is 0 Å². The Labute approximate surface area is 134 Å². The third kappa shape index (κ3) is 4.10. The zero-order chi connectivity index (χ0) is 18.0. The molecule has 1 heterocycles. The fraction of sp³-hybridized carbons (Fsp3) is 0.308. The van der Waals surface area contributed by atoms with Crippen molar-refractivity contribution in [3.63, 3.8) is 0 Å². The molecular weight excluding hydrogens is 353 g/mol. The third-order valence-electron chi connectivity index (χ3n) is 2.72. The molecule has 0 amide bonds. The summed E-state index contributed by atoms with van der Waals surface area (Å²) in [6, 6.07) is 4.36. The number of esters is 1. The lowest BCUT2D eigenvalue weighted by Gasteiger charge is -2.09. The van der Waals surface area contributed by atoms with Crippen LogP contribution in [-0.2, 0) is 26.1 Å². The van der Waals surface area contributed by atoms with Crippen LogP contribution < -0.4 is 4.18 Å². The van der Waals surface area contributed by atoms with Gasteiger partial charge in [-0.15, -0.1) is 0 Å². The monoisotopic (exact) mass is 364 g/mol. The van der Waals surface area contributed by atoms with Crippen LogP contribution in [0.25, 0.3) is 11.0 Å². The average molecular weight is 364 g/mol. The molecule has 0 aliphatic heterocycles. The number of benzene rings is 1. The van der Waals surface area contributed by atoms with Crippen LogP contribution in [0, 0.1) is 0 Å². The van der Waals surface area contributed by atoms with Gasteiger partial charge in [-0.1, -0.05) is 6.07 Å². The van der Waals surface area contributed by atoms with E-state index in [4.69, 9.17) is 4.74 Å². The van der Waals surface area contributed by atoms with Crippen LogP contribution in [0.15, 0.2) is 24.4 Å². The largest absolute Gasteiger partial charge is 0.534 e. The van der Waals surface area contributed by atoms with Gasteiger partial charge >= 0.3 is 21.6 Å². The number of carbonyl (C=O) groups is 1. The van der Waals surface area contributed by atoms with Crippen LogP contribution in [0.5, 0.6) is 5.88 Å². The van der Waals surface area contributed by atoms with E-state index in [2.05, 4.69) is 14.2 Å². The molecular formula is C13H11F3N2O5S. The minimum Gasteiger partial charge on any atom is -0.466 e. The van der Waals surface area contributed by atoms with Gasteiger partial charge < -0.3 is 8.92 Å². The number of fused-ring (bicyclic) bond motifs is 1. The van der Waals surface area contributed by atoms with E-state index in [9.17, 15) is 26.4 Å². The first-order chi connectivity index (χ1) is 11.1. The van der Waals surface area contributed by atoms with Crippen molar-refractivity contribution in [2.45, 2.75) is 18.9 Å². The zero-order valence-corrected chi connectivity index (χ0v) is 13.0. The predicted octanol–water partition coefficient (Wildman–Crippen LogP) is 1.96. The maximum Gasteiger partial charge on any atom is 0.534 e. The molecule has 1 aromatic heterocycles. The normalized spacial score (nSPS) is 12.2. The van der Waals surface area contributed by atoms with Crippen LogP contribution in [0.1, 0.15) is 12.5 Å². The fourth-order valence-corrected chi connectivity index (χ4v) is 2.13. The Kier molecular flexibility index (Phi) is 4.92. The summed E-state index contributed by atoms with van der Waals surface area (Å²) in [4.78, 5) is 18.8. The van der Waals surface area contributed by atoms with Crippen LogP contribution in [0.4, 0.5) is 13.2 Å². The maximum absolute atomic E-state index is 12.3. The van der Waals surface area contributed by atoms with Gasteiger partial charge in [-0.3, -0.25) is 4.79 Å². The zero-order valence-electron chi connectivity index (χ0n) is 12.2. The molecule has 2 aromatic rings. The Morgan fingerprint density at radius 2 is 1.96 bits per heavy atom. The number of hydrogen-bond acceptors (Lipinski definition) is 7. The van der Waals surface area contributed by atoms with Gasteiger partial charge in [-0.2, -0.15) is 21.6 Å². The number of alkyl halides is 3. The van der Waals surface area contributed by atoms with Crippen LogP contribution >= 0.6 is 0 Å². The van der Waals surface area contributed by atoms with Gasteiger partial charge in [0.05, 0.1) is 30.3 Å². The third-order valence-corrected chi connectivity index (χ3v) is 3.67. The van der Waals surface area contributed by atoms with Gasteiger partial charge in [0, 0.05) is 0 Å². The summed E-state index contributed by atoms with van der Waals surface area (Å²) < 4.78 is 67.3. The molecule has 0 radical (unpaired) electrons. The summed E-state index contributed by atoms with van der Waals surface area (Å²) in [7, 11) is -5.81. The van der Waals surface area contributed by atoms with E-state index in [1.54, 1.807) is 6.92 Å². The second kappa shape index (κ2) is 6.59. The van der Waals surface area contributed by atoms with E-state index in [0.29, 0.717) is 5.56 Å². The number of rotatable bonds is 5. The van der Waals surface area contributed by atoms with Gasteiger partial charge in [0.2, 0.25) is 0 Å². The first-order valence-electron chi connectivity index (χ1n) is 6.54. The molecule has 0 atom stereocenters. The Hall–Kier alpha value is -2.43. The average Bonchev–Trinajstić information content (AvgIpc) is 2.46. The van der Waals surface area contributed by atoms with Gasteiger partial charge in [0.25, 0.3) is 5.88 Å². The minimum absolute atomic E-state index is 0.00777. The summed E-state index contributed by atoms with van der Waals surface area (Å²) in [6.07, 6.45) is 0.742. The summed E-state index contributed by atoms with van der Waals surface area (Å²) in [6.45, 7) is 1.90. The molecule has 0 N–H and O–H groups in total. The van der Waals surface area contributed by atoms with Gasteiger partial charge in [0.1, 0.15) is 0 Å². The SMILES string of the molecule is CCOC(=O)Cc1ccc2nc(OS(=O)(=O)C(F)(F)F)cnc2c1. The van der Waals surface area contributed by atoms with Crippen molar-refractivity contribution in [2.24, 2.45) is 0 Å². The molecule has 0 saturated carbocycles. The molecule has 130 valence electrons. The highest BCUT2D eigenvalue weighted by Gasteiger charge is 2.48. The Balaban J connectivity index is 2.25. The number of aromatic nitrogens is 2. The molecule has 7 nitrogen and oxygen atoms in total. The van der Waals surface area contributed by atoms with E-state index in [1.165, 1.54) is 18.2 Å². The quantitative estimate of drug-likeness (QED) is 0.455. The standard InChI is InChI=1S/C13H11F3N2O5S/c1-2-22-12(19)6-8-3-4-9-10(5-8)17-7-11(18-9)23-24(20,21)13(14,15)16/h3-5,7H,2,6H2,1H3. The van der Waals surface area contributed by atoms with Gasteiger partial charge in [-0.25, -0.2) is 9.97 Å². The van der Waals surface area contributed by atoms with Crippen LogP contribution in [0.2, 0.25) is 0 Å². The highest BCUT2D eigenvalue weighted by Crippen LogP contribution is 2.26. The number of carbonyl (C=O) groups excluding carboxylic acids is 1. The molecule has 0 unspecified atom stereocenters. The number of nitrogens with zero attached hydrogens (tertiary/aromatic N) is 2. The van der Waals surface area contributed by atoms with E-state index in [1.807, 2.05) is 0 Å². The molecule has 1 aromatic carbocycles. The lowest BCUT2D eigenvalue weighted by atomic mass is 10.1. The number of halogens is 3. The van der Waals surface area contributed by atoms with Gasteiger partial charge in [-0.05, 0) is 24.6 Å². The Morgan fingerprint density at radius 3 is 2.58 bits per heavy atom. The summed E-state index contributed by atoms with van der Waals surface area (Å²) in [5.41, 5.74) is -4.63. The van der Waals surface area contributed by atoms with E-state index >= 15 is 0 Å². The Morgan fingerprint density at radius 1 is 1.25 bits per heavy atom. The van der Waals surface area contributed by atoms with Crippen molar-refractivity contribution in [1.82, 2.24) is 9.97 Å².